The highest BCUT2D eigenvalue weighted by molar-refractivity contribution is 7.07. The number of hydrogen-bond acceptors (Lipinski definition) is 3. The van der Waals surface area contributed by atoms with Crippen molar-refractivity contribution in [3.8, 4) is 0 Å². The molecular weight excluding hydrogens is 271 g/mol. The van der Waals surface area contributed by atoms with E-state index in [4.69, 9.17) is 11.6 Å². The minimum Gasteiger partial charge on any atom is -0.309 e. The fourth-order valence-corrected chi connectivity index (χ4v) is 2.65. The number of hydrogen-bond donors (Lipinski definition) is 1. The average Bonchev–Trinajstić information content (AvgIpc) is 2.88. The summed E-state index contributed by atoms with van der Waals surface area (Å²) in [6.07, 6.45) is 0.546. The Morgan fingerprint density at radius 2 is 2.33 bits per heavy atom. The fraction of sp³-hybridized carbons (Fsp3) is 0.308. The zero-order valence-corrected chi connectivity index (χ0v) is 11.6. The first-order chi connectivity index (χ1) is 8.72. The van der Waals surface area contributed by atoms with Crippen molar-refractivity contribution in [3.05, 3.63) is 51.2 Å². The molecule has 0 aliphatic rings. The van der Waals surface area contributed by atoms with Crippen molar-refractivity contribution < 1.29 is 4.39 Å². The minimum atomic E-state index is -0.336. The van der Waals surface area contributed by atoms with Crippen molar-refractivity contribution in [2.75, 3.05) is 6.54 Å². The summed E-state index contributed by atoms with van der Waals surface area (Å²) in [5.74, 6) is -0.336. The molecule has 1 atom stereocenters. The molecule has 0 bridgehead atoms. The number of nitrogens with zero attached hydrogens (tertiary/aromatic N) is 1. The maximum absolute atomic E-state index is 13.9. The molecule has 1 aromatic heterocycles. The van der Waals surface area contributed by atoms with Crippen LogP contribution in [0.15, 0.2) is 29.1 Å². The van der Waals surface area contributed by atoms with E-state index in [-0.39, 0.29) is 16.9 Å². The number of rotatable bonds is 5. The molecule has 0 saturated heterocycles. The number of aromatic nitrogens is 1. The van der Waals surface area contributed by atoms with Gasteiger partial charge in [-0.25, -0.2) is 9.37 Å². The van der Waals surface area contributed by atoms with Gasteiger partial charge in [-0.05, 0) is 24.6 Å². The van der Waals surface area contributed by atoms with E-state index in [9.17, 15) is 4.39 Å². The Labute approximate surface area is 115 Å². The standard InChI is InChI=1S/C13H14ClFN2S/c1-2-16-11(12-7-18-8-17-12)6-9-4-3-5-10(14)13(9)15/h3-5,7-8,11,16H,2,6H2,1H3. The van der Waals surface area contributed by atoms with E-state index < -0.39 is 0 Å². The number of benzene rings is 1. The van der Waals surface area contributed by atoms with Gasteiger partial charge in [-0.3, -0.25) is 0 Å². The molecule has 0 spiro atoms. The second-order valence-corrected chi connectivity index (χ2v) is 5.07. The topological polar surface area (TPSA) is 24.9 Å². The predicted molar refractivity (Wildman–Crippen MR) is 73.6 cm³/mol. The lowest BCUT2D eigenvalue weighted by atomic mass is 10.0. The van der Waals surface area contributed by atoms with Gasteiger partial charge in [0.15, 0.2) is 0 Å². The Hall–Kier alpha value is -0.970. The van der Waals surface area contributed by atoms with Crippen LogP contribution in [0, 0.1) is 5.82 Å². The molecule has 0 amide bonds. The first-order valence-corrected chi connectivity index (χ1v) is 7.08. The lowest BCUT2D eigenvalue weighted by Crippen LogP contribution is -2.23. The first kappa shape index (κ1) is 13.5. The van der Waals surface area contributed by atoms with Crippen LogP contribution in [0.5, 0.6) is 0 Å². The third-order valence-corrected chi connectivity index (χ3v) is 3.61. The van der Waals surface area contributed by atoms with Crippen LogP contribution in [-0.4, -0.2) is 11.5 Å². The lowest BCUT2D eigenvalue weighted by Gasteiger charge is -2.16. The minimum absolute atomic E-state index is 0.0224. The third-order valence-electron chi connectivity index (χ3n) is 2.71. The van der Waals surface area contributed by atoms with Gasteiger partial charge in [0.2, 0.25) is 0 Å². The lowest BCUT2D eigenvalue weighted by molar-refractivity contribution is 0.520. The quantitative estimate of drug-likeness (QED) is 0.903. The van der Waals surface area contributed by atoms with E-state index in [2.05, 4.69) is 10.3 Å². The zero-order chi connectivity index (χ0) is 13.0. The molecule has 0 radical (unpaired) electrons. The normalized spacial score (nSPS) is 12.6. The predicted octanol–water partition coefficient (Wildman–Crippen LogP) is 3.83. The average molecular weight is 285 g/mol. The molecular formula is C13H14ClFN2S. The molecule has 2 nitrogen and oxygen atoms in total. The second kappa shape index (κ2) is 6.27. The summed E-state index contributed by atoms with van der Waals surface area (Å²) in [4.78, 5) is 4.28. The first-order valence-electron chi connectivity index (χ1n) is 5.76. The van der Waals surface area contributed by atoms with E-state index in [1.807, 2.05) is 12.3 Å². The monoisotopic (exact) mass is 284 g/mol. The molecule has 96 valence electrons. The maximum atomic E-state index is 13.9. The van der Waals surface area contributed by atoms with Crippen LogP contribution in [0.1, 0.15) is 24.2 Å². The molecule has 1 unspecified atom stereocenters. The van der Waals surface area contributed by atoms with Gasteiger partial charge in [-0.1, -0.05) is 30.7 Å². The van der Waals surface area contributed by atoms with Gasteiger partial charge in [0.25, 0.3) is 0 Å². The molecule has 18 heavy (non-hydrogen) atoms. The van der Waals surface area contributed by atoms with Crippen LogP contribution in [0.4, 0.5) is 4.39 Å². The molecule has 1 heterocycles. The van der Waals surface area contributed by atoms with Crippen molar-refractivity contribution in [3.63, 3.8) is 0 Å². The van der Waals surface area contributed by atoms with E-state index in [1.54, 1.807) is 35.0 Å². The molecule has 2 rings (SSSR count). The smallest absolute Gasteiger partial charge is 0.145 e. The SMILES string of the molecule is CCNC(Cc1cccc(Cl)c1F)c1cscn1. The Kier molecular flexibility index (Phi) is 4.69. The summed E-state index contributed by atoms with van der Waals surface area (Å²) < 4.78 is 13.9. The van der Waals surface area contributed by atoms with E-state index >= 15 is 0 Å². The summed E-state index contributed by atoms with van der Waals surface area (Å²) in [6, 6.07) is 5.11. The summed E-state index contributed by atoms with van der Waals surface area (Å²) in [5, 5.41) is 5.46. The maximum Gasteiger partial charge on any atom is 0.145 e. The zero-order valence-electron chi connectivity index (χ0n) is 9.99. The fourth-order valence-electron chi connectivity index (χ4n) is 1.85. The molecule has 0 saturated carbocycles. The molecule has 1 aromatic carbocycles. The van der Waals surface area contributed by atoms with Crippen molar-refractivity contribution in [1.82, 2.24) is 10.3 Å². The number of halogens is 2. The van der Waals surface area contributed by atoms with E-state index in [0.29, 0.717) is 12.0 Å². The van der Waals surface area contributed by atoms with Crippen molar-refractivity contribution in [2.24, 2.45) is 0 Å². The highest BCUT2D eigenvalue weighted by Crippen LogP contribution is 2.23. The Morgan fingerprint density at radius 1 is 1.50 bits per heavy atom. The summed E-state index contributed by atoms with van der Waals surface area (Å²) >= 11 is 7.33. The molecule has 2 aromatic rings. The van der Waals surface area contributed by atoms with Crippen LogP contribution >= 0.6 is 22.9 Å². The van der Waals surface area contributed by atoms with Crippen molar-refractivity contribution in [1.29, 1.82) is 0 Å². The van der Waals surface area contributed by atoms with Crippen molar-refractivity contribution in [2.45, 2.75) is 19.4 Å². The molecule has 5 heteroatoms. The van der Waals surface area contributed by atoms with Crippen molar-refractivity contribution >= 4 is 22.9 Å². The van der Waals surface area contributed by atoms with E-state index in [0.717, 1.165) is 12.2 Å². The van der Waals surface area contributed by atoms with Gasteiger partial charge in [-0.2, -0.15) is 0 Å². The Balaban J connectivity index is 2.21. The third kappa shape index (κ3) is 3.07. The van der Waals surface area contributed by atoms with Crippen LogP contribution in [0.25, 0.3) is 0 Å². The highest BCUT2D eigenvalue weighted by atomic mass is 35.5. The number of likely N-dealkylation sites (N-methyl/N-ethyl adjacent to an activating group) is 1. The van der Waals surface area contributed by atoms with Gasteiger partial charge in [0.05, 0.1) is 22.3 Å². The van der Waals surface area contributed by atoms with Gasteiger partial charge in [0.1, 0.15) is 5.82 Å². The van der Waals surface area contributed by atoms with Gasteiger partial charge < -0.3 is 5.32 Å². The van der Waals surface area contributed by atoms with Gasteiger partial charge >= 0.3 is 0 Å². The largest absolute Gasteiger partial charge is 0.309 e. The molecule has 0 fully saturated rings. The number of thiazole rings is 1. The van der Waals surface area contributed by atoms with Crippen LogP contribution in [0.2, 0.25) is 5.02 Å². The highest BCUT2D eigenvalue weighted by Gasteiger charge is 2.16. The molecule has 1 N–H and O–H groups in total. The van der Waals surface area contributed by atoms with Crippen LogP contribution in [0.3, 0.4) is 0 Å². The van der Waals surface area contributed by atoms with Crippen LogP contribution < -0.4 is 5.32 Å². The van der Waals surface area contributed by atoms with E-state index in [1.165, 1.54) is 0 Å². The van der Waals surface area contributed by atoms with Gasteiger partial charge in [0, 0.05) is 5.38 Å². The summed E-state index contributed by atoms with van der Waals surface area (Å²) in [5.41, 5.74) is 3.34. The summed E-state index contributed by atoms with van der Waals surface area (Å²) in [6.45, 7) is 2.83. The Bertz CT molecular complexity index is 502. The number of nitrogens with one attached hydrogen (secondary N) is 1. The van der Waals surface area contributed by atoms with Crippen LogP contribution in [-0.2, 0) is 6.42 Å². The summed E-state index contributed by atoms with van der Waals surface area (Å²) in [7, 11) is 0. The molecule has 0 aliphatic heterocycles. The van der Waals surface area contributed by atoms with Gasteiger partial charge in [-0.15, -0.1) is 11.3 Å². The second-order valence-electron chi connectivity index (χ2n) is 3.94. The Morgan fingerprint density at radius 3 is 3.00 bits per heavy atom. The molecule has 0 aliphatic carbocycles.